The van der Waals surface area contributed by atoms with Gasteiger partial charge in [-0.25, -0.2) is 4.79 Å². The maximum Gasteiger partial charge on any atom is 0.334 e. The Morgan fingerprint density at radius 2 is 1.85 bits per heavy atom. The molecule has 4 amide bonds. The number of Topliss-reactive ketones (excluding diaryl/α,β-unsaturated/α-hetero) is 1. The van der Waals surface area contributed by atoms with Gasteiger partial charge in [0, 0.05) is 17.2 Å². The van der Waals surface area contributed by atoms with Crippen LogP contribution in [0.1, 0.15) is 55.5 Å². The Bertz CT molecular complexity index is 804. The van der Waals surface area contributed by atoms with Crippen LogP contribution in [0.25, 0.3) is 0 Å². The number of urea groups is 1. The maximum atomic E-state index is 12.9. The number of rotatable bonds is 5. The highest BCUT2D eigenvalue weighted by Crippen LogP contribution is 2.32. The molecule has 7 nitrogen and oxygen atoms in total. The number of ether oxygens (including phenoxy) is 1. The second kappa shape index (κ2) is 7.50. The third-order valence-electron chi connectivity index (χ3n) is 5.50. The van der Waals surface area contributed by atoms with E-state index >= 15 is 0 Å². The lowest BCUT2D eigenvalue weighted by Gasteiger charge is -2.34. The number of nitrogens with zero attached hydrogens (tertiary/aromatic N) is 2. The fraction of sp³-hybridized carbons (Fsp3) is 0.500. The normalized spacial score (nSPS) is 23.1. The fourth-order valence-corrected chi connectivity index (χ4v) is 3.93. The third kappa shape index (κ3) is 3.46. The van der Waals surface area contributed by atoms with Gasteiger partial charge in [0.25, 0.3) is 0 Å². The van der Waals surface area contributed by atoms with Gasteiger partial charge in [-0.3, -0.25) is 24.2 Å². The zero-order valence-electron chi connectivity index (χ0n) is 15.9. The van der Waals surface area contributed by atoms with Gasteiger partial charge in [0.15, 0.2) is 5.78 Å². The molecule has 0 N–H and O–H groups in total. The molecule has 1 saturated carbocycles. The monoisotopic (exact) mass is 372 g/mol. The molecule has 27 heavy (non-hydrogen) atoms. The molecule has 0 bridgehead atoms. The highest BCUT2D eigenvalue weighted by atomic mass is 16.5. The van der Waals surface area contributed by atoms with E-state index in [0.29, 0.717) is 16.9 Å². The standard InChI is InChI=1S/C20H24N2O5/c1-12-6-4-5-7-16(12)22-19(25)18(24)21(20(22)26)11-15-10-14(13(2)23)8-9-17(15)27-3/h8-10,12,16H,4-7,11H2,1-3H3/t12-,16+/m0/s1. The van der Waals surface area contributed by atoms with Crippen LogP contribution >= 0.6 is 0 Å². The molecule has 0 spiro atoms. The number of benzene rings is 1. The number of ketones is 1. The van der Waals surface area contributed by atoms with Gasteiger partial charge in [-0.05, 0) is 43.9 Å². The van der Waals surface area contributed by atoms with E-state index in [1.807, 2.05) is 6.92 Å². The molecule has 1 aliphatic carbocycles. The number of methoxy groups -OCH3 is 1. The van der Waals surface area contributed by atoms with E-state index in [4.69, 9.17) is 4.74 Å². The Hall–Kier alpha value is -2.70. The maximum absolute atomic E-state index is 12.9. The summed E-state index contributed by atoms with van der Waals surface area (Å²) in [5.74, 6) is -1.09. The number of carbonyl (C=O) groups is 4. The van der Waals surface area contributed by atoms with Crippen molar-refractivity contribution in [3.05, 3.63) is 29.3 Å². The van der Waals surface area contributed by atoms with Gasteiger partial charge in [0.05, 0.1) is 13.7 Å². The minimum Gasteiger partial charge on any atom is -0.496 e. The summed E-state index contributed by atoms with van der Waals surface area (Å²) in [6.45, 7) is 3.34. The summed E-state index contributed by atoms with van der Waals surface area (Å²) in [6.07, 6.45) is 3.67. The smallest absolute Gasteiger partial charge is 0.334 e. The molecular formula is C20H24N2O5. The molecule has 0 unspecified atom stereocenters. The van der Waals surface area contributed by atoms with Crippen molar-refractivity contribution < 1.29 is 23.9 Å². The Balaban J connectivity index is 1.88. The molecular weight excluding hydrogens is 348 g/mol. The first-order valence-corrected chi connectivity index (χ1v) is 9.22. The molecule has 2 fully saturated rings. The topological polar surface area (TPSA) is 84.0 Å². The highest BCUT2D eigenvalue weighted by Gasteiger charge is 2.49. The summed E-state index contributed by atoms with van der Waals surface area (Å²) >= 11 is 0. The molecule has 0 radical (unpaired) electrons. The zero-order valence-corrected chi connectivity index (χ0v) is 15.9. The molecule has 3 rings (SSSR count). The minimum atomic E-state index is -0.826. The van der Waals surface area contributed by atoms with Crippen molar-refractivity contribution in [1.82, 2.24) is 9.80 Å². The van der Waals surface area contributed by atoms with E-state index in [0.717, 1.165) is 35.5 Å². The van der Waals surface area contributed by atoms with Gasteiger partial charge >= 0.3 is 17.8 Å². The van der Waals surface area contributed by atoms with Crippen LogP contribution in [0.3, 0.4) is 0 Å². The van der Waals surface area contributed by atoms with Crippen molar-refractivity contribution in [2.45, 2.75) is 52.1 Å². The van der Waals surface area contributed by atoms with Crippen LogP contribution in [0.2, 0.25) is 0 Å². The molecule has 1 aromatic carbocycles. The average molecular weight is 372 g/mol. The fourth-order valence-electron chi connectivity index (χ4n) is 3.93. The van der Waals surface area contributed by atoms with E-state index in [1.165, 1.54) is 14.0 Å². The minimum absolute atomic E-state index is 0.106. The molecule has 1 aromatic rings. The molecule has 2 atom stereocenters. The molecule has 0 aromatic heterocycles. The first-order chi connectivity index (χ1) is 12.8. The second-order valence-electron chi connectivity index (χ2n) is 7.26. The van der Waals surface area contributed by atoms with Crippen LogP contribution in [0, 0.1) is 5.92 Å². The SMILES string of the molecule is COc1ccc(C(C)=O)cc1CN1C(=O)C(=O)N([C@@H]2CCCC[C@@H]2C)C1=O. The Kier molecular flexibility index (Phi) is 5.30. The van der Waals surface area contributed by atoms with E-state index in [1.54, 1.807) is 18.2 Å². The Labute approximate surface area is 158 Å². The van der Waals surface area contributed by atoms with Crippen molar-refractivity contribution >= 4 is 23.6 Å². The molecule has 144 valence electrons. The van der Waals surface area contributed by atoms with Crippen molar-refractivity contribution in [3.8, 4) is 5.75 Å². The van der Waals surface area contributed by atoms with Crippen LogP contribution < -0.4 is 4.74 Å². The molecule has 1 saturated heterocycles. The Morgan fingerprint density at radius 3 is 2.48 bits per heavy atom. The van der Waals surface area contributed by atoms with Crippen LogP contribution in [-0.4, -0.2) is 46.6 Å². The zero-order chi connectivity index (χ0) is 19.7. The lowest BCUT2D eigenvalue weighted by molar-refractivity contribution is -0.144. The third-order valence-corrected chi connectivity index (χ3v) is 5.50. The van der Waals surface area contributed by atoms with Crippen molar-refractivity contribution in [2.75, 3.05) is 7.11 Å². The summed E-state index contributed by atoms with van der Waals surface area (Å²) in [7, 11) is 1.47. The number of imide groups is 2. The predicted molar refractivity (Wildman–Crippen MR) is 97.2 cm³/mol. The highest BCUT2D eigenvalue weighted by molar-refractivity contribution is 6.44. The molecule has 2 aliphatic rings. The largest absolute Gasteiger partial charge is 0.496 e. The lowest BCUT2D eigenvalue weighted by atomic mass is 9.85. The molecule has 7 heteroatoms. The van der Waals surface area contributed by atoms with Gasteiger partial charge in [-0.2, -0.15) is 0 Å². The summed E-state index contributed by atoms with van der Waals surface area (Å²) in [5.41, 5.74) is 0.965. The van der Waals surface area contributed by atoms with Crippen LogP contribution in [0.5, 0.6) is 5.75 Å². The summed E-state index contributed by atoms with van der Waals surface area (Å²) < 4.78 is 5.29. The van der Waals surface area contributed by atoms with Crippen molar-refractivity contribution in [2.24, 2.45) is 5.92 Å². The van der Waals surface area contributed by atoms with Crippen molar-refractivity contribution in [3.63, 3.8) is 0 Å². The van der Waals surface area contributed by atoms with E-state index in [2.05, 4.69) is 0 Å². The van der Waals surface area contributed by atoms with Gasteiger partial charge in [-0.15, -0.1) is 0 Å². The number of hydrogen-bond donors (Lipinski definition) is 0. The second-order valence-corrected chi connectivity index (χ2v) is 7.26. The quantitative estimate of drug-likeness (QED) is 0.451. The first kappa shape index (κ1) is 19.1. The number of carbonyl (C=O) groups excluding carboxylic acids is 4. The van der Waals surface area contributed by atoms with Crippen molar-refractivity contribution in [1.29, 1.82) is 0 Å². The molecule has 1 heterocycles. The number of hydrogen-bond acceptors (Lipinski definition) is 5. The van der Waals surface area contributed by atoms with Gasteiger partial charge in [0.2, 0.25) is 0 Å². The number of amides is 4. The van der Waals surface area contributed by atoms with Crippen LogP contribution in [0.15, 0.2) is 18.2 Å². The Morgan fingerprint density at radius 1 is 1.15 bits per heavy atom. The lowest BCUT2D eigenvalue weighted by Crippen LogP contribution is -2.46. The van der Waals surface area contributed by atoms with E-state index in [-0.39, 0.29) is 24.3 Å². The van der Waals surface area contributed by atoms with Gasteiger partial charge < -0.3 is 4.74 Å². The molecule has 1 aliphatic heterocycles. The van der Waals surface area contributed by atoms with Gasteiger partial charge in [0.1, 0.15) is 5.75 Å². The predicted octanol–water partition coefficient (Wildman–Crippen LogP) is 2.77. The van der Waals surface area contributed by atoms with Crippen LogP contribution in [0.4, 0.5) is 4.79 Å². The summed E-state index contributed by atoms with van der Waals surface area (Å²) in [5, 5.41) is 0. The van der Waals surface area contributed by atoms with E-state index < -0.39 is 17.8 Å². The average Bonchev–Trinajstić information content (AvgIpc) is 2.85. The van der Waals surface area contributed by atoms with Crippen LogP contribution in [-0.2, 0) is 16.1 Å². The van der Waals surface area contributed by atoms with E-state index in [9.17, 15) is 19.2 Å². The summed E-state index contributed by atoms with van der Waals surface area (Å²) in [6, 6.07) is 4.02. The summed E-state index contributed by atoms with van der Waals surface area (Å²) in [4.78, 5) is 51.7. The van der Waals surface area contributed by atoms with Gasteiger partial charge in [-0.1, -0.05) is 19.8 Å². The first-order valence-electron chi connectivity index (χ1n) is 9.22.